The van der Waals surface area contributed by atoms with Crippen LogP contribution in [0.5, 0.6) is 0 Å². The Kier molecular flexibility index (Phi) is 4.54. The van der Waals surface area contributed by atoms with Gasteiger partial charge in [0.1, 0.15) is 16.0 Å². The van der Waals surface area contributed by atoms with Crippen LogP contribution in [0.2, 0.25) is 10.3 Å². The molecule has 6 heteroatoms. The summed E-state index contributed by atoms with van der Waals surface area (Å²) in [5, 5.41) is 0.786. The van der Waals surface area contributed by atoms with Crippen LogP contribution in [0, 0.1) is 0 Å². The van der Waals surface area contributed by atoms with Gasteiger partial charge in [-0.2, -0.15) is 0 Å². The number of rotatable bonds is 3. The molecule has 94 valence electrons. The molecule has 0 aliphatic rings. The lowest BCUT2D eigenvalue weighted by Gasteiger charge is -2.07. The standard InChI is InChI=1S/C12H10BrCl2N3/c1-2-4-7-10(14)17-12(18-11(7)15)9-8(13)5-3-6-16-9/h3,5-6H,2,4H2,1H3. The summed E-state index contributed by atoms with van der Waals surface area (Å²) >= 11 is 15.7. The van der Waals surface area contributed by atoms with Crippen LogP contribution in [0.4, 0.5) is 0 Å². The third-order valence-electron chi connectivity index (χ3n) is 2.38. The third kappa shape index (κ3) is 2.82. The molecule has 0 amide bonds. The Morgan fingerprint density at radius 3 is 2.44 bits per heavy atom. The Hall–Kier alpha value is -0.710. The zero-order chi connectivity index (χ0) is 13.1. The Balaban J connectivity index is 2.52. The highest BCUT2D eigenvalue weighted by Gasteiger charge is 2.14. The zero-order valence-corrected chi connectivity index (χ0v) is 12.7. The predicted octanol–water partition coefficient (Wildman–Crippen LogP) is 4.56. The molecule has 2 rings (SSSR count). The van der Waals surface area contributed by atoms with Crippen LogP contribution >= 0.6 is 39.1 Å². The van der Waals surface area contributed by atoms with E-state index in [1.807, 2.05) is 12.1 Å². The van der Waals surface area contributed by atoms with Gasteiger partial charge < -0.3 is 0 Å². The van der Waals surface area contributed by atoms with Crippen LogP contribution in [0.25, 0.3) is 11.5 Å². The average molecular weight is 347 g/mol. The largest absolute Gasteiger partial charge is 0.252 e. The molecule has 0 fully saturated rings. The summed E-state index contributed by atoms with van der Waals surface area (Å²) in [6.07, 6.45) is 3.38. The number of aromatic nitrogens is 3. The topological polar surface area (TPSA) is 38.7 Å². The van der Waals surface area contributed by atoms with Gasteiger partial charge in [-0.1, -0.05) is 36.5 Å². The number of halogens is 3. The number of hydrogen-bond donors (Lipinski definition) is 0. The first-order valence-corrected chi connectivity index (χ1v) is 7.01. The molecule has 0 saturated carbocycles. The van der Waals surface area contributed by atoms with Gasteiger partial charge in [-0.25, -0.2) is 9.97 Å². The van der Waals surface area contributed by atoms with E-state index < -0.39 is 0 Å². The van der Waals surface area contributed by atoms with Gasteiger partial charge in [0.15, 0.2) is 5.82 Å². The SMILES string of the molecule is CCCc1c(Cl)nc(-c2ncccc2Br)nc1Cl. The van der Waals surface area contributed by atoms with Gasteiger partial charge >= 0.3 is 0 Å². The quantitative estimate of drug-likeness (QED) is 0.764. The van der Waals surface area contributed by atoms with E-state index in [9.17, 15) is 0 Å². The molecule has 0 saturated heterocycles. The predicted molar refractivity (Wildman–Crippen MR) is 77.0 cm³/mol. The molecular weight excluding hydrogens is 337 g/mol. The number of hydrogen-bond acceptors (Lipinski definition) is 3. The molecule has 2 aromatic rings. The lowest BCUT2D eigenvalue weighted by Crippen LogP contribution is -1.99. The molecule has 0 N–H and O–H groups in total. The Morgan fingerprint density at radius 1 is 1.22 bits per heavy atom. The number of pyridine rings is 1. The second-order valence-electron chi connectivity index (χ2n) is 3.69. The highest BCUT2D eigenvalue weighted by Crippen LogP contribution is 2.28. The van der Waals surface area contributed by atoms with Crippen molar-refractivity contribution >= 4 is 39.1 Å². The fraction of sp³-hybridized carbons (Fsp3) is 0.250. The van der Waals surface area contributed by atoms with Crippen molar-refractivity contribution < 1.29 is 0 Å². The van der Waals surface area contributed by atoms with Crippen molar-refractivity contribution in [3.05, 3.63) is 38.7 Å². The molecule has 2 aromatic heterocycles. The van der Waals surface area contributed by atoms with E-state index in [-0.39, 0.29) is 0 Å². The smallest absolute Gasteiger partial charge is 0.182 e. The van der Waals surface area contributed by atoms with E-state index in [1.165, 1.54) is 0 Å². The van der Waals surface area contributed by atoms with E-state index in [0.717, 1.165) is 22.9 Å². The first-order valence-electron chi connectivity index (χ1n) is 5.46. The monoisotopic (exact) mass is 345 g/mol. The second kappa shape index (κ2) is 5.95. The molecule has 0 radical (unpaired) electrons. The molecule has 0 atom stereocenters. The van der Waals surface area contributed by atoms with Crippen molar-refractivity contribution in [2.45, 2.75) is 19.8 Å². The van der Waals surface area contributed by atoms with E-state index in [0.29, 0.717) is 21.8 Å². The highest BCUT2D eigenvalue weighted by atomic mass is 79.9. The van der Waals surface area contributed by atoms with Gasteiger partial charge in [-0.05, 0) is 34.5 Å². The summed E-state index contributed by atoms with van der Waals surface area (Å²) in [6.45, 7) is 2.05. The molecule has 3 nitrogen and oxygen atoms in total. The van der Waals surface area contributed by atoms with Gasteiger partial charge in [0, 0.05) is 16.2 Å². The summed E-state index contributed by atoms with van der Waals surface area (Å²) in [7, 11) is 0. The fourth-order valence-electron chi connectivity index (χ4n) is 1.54. The van der Waals surface area contributed by atoms with Crippen molar-refractivity contribution in [3.8, 4) is 11.5 Å². The Morgan fingerprint density at radius 2 is 1.89 bits per heavy atom. The number of nitrogens with zero attached hydrogens (tertiary/aromatic N) is 3. The van der Waals surface area contributed by atoms with E-state index in [4.69, 9.17) is 23.2 Å². The lowest BCUT2D eigenvalue weighted by atomic mass is 10.2. The van der Waals surface area contributed by atoms with Gasteiger partial charge in [0.25, 0.3) is 0 Å². The summed E-state index contributed by atoms with van der Waals surface area (Å²) < 4.78 is 0.806. The molecule has 0 aromatic carbocycles. The molecule has 18 heavy (non-hydrogen) atoms. The molecular formula is C12H10BrCl2N3. The second-order valence-corrected chi connectivity index (χ2v) is 5.26. The Bertz CT molecular complexity index is 552. The van der Waals surface area contributed by atoms with Crippen molar-refractivity contribution in [2.24, 2.45) is 0 Å². The first-order chi connectivity index (χ1) is 8.63. The first kappa shape index (κ1) is 13.7. The van der Waals surface area contributed by atoms with Crippen LogP contribution in [0.15, 0.2) is 22.8 Å². The molecule has 0 aliphatic carbocycles. The maximum absolute atomic E-state index is 6.14. The maximum Gasteiger partial charge on any atom is 0.182 e. The van der Waals surface area contributed by atoms with Crippen molar-refractivity contribution in [1.82, 2.24) is 15.0 Å². The third-order valence-corrected chi connectivity index (χ3v) is 3.64. The van der Waals surface area contributed by atoms with Crippen molar-refractivity contribution in [3.63, 3.8) is 0 Å². The summed E-state index contributed by atoms with van der Waals surface area (Å²) in [5.41, 5.74) is 1.42. The van der Waals surface area contributed by atoms with Crippen LogP contribution in [0.3, 0.4) is 0 Å². The minimum absolute atomic E-state index is 0.393. The molecule has 0 unspecified atom stereocenters. The highest BCUT2D eigenvalue weighted by molar-refractivity contribution is 9.10. The van der Waals surface area contributed by atoms with E-state index in [2.05, 4.69) is 37.8 Å². The molecule has 0 aliphatic heterocycles. The minimum atomic E-state index is 0.393. The minimum Gasteiger partial charge on any atom is -0.252 e. The van der Waals surface area contributed by atoms with Gasteiger partial charge in [0.05, 0.1) is 0 Å². The Labute approximate surface area is 124 Å². The van der Waals surface area contributed by atoms with E-state index in [1.54, 1.807) is 6.20 Å². The van der Waals surface area contributed by atoms with Gasteiger partial charge in [0.2, 0.25) is 0 Å². The van der Waals surface area contributed by atoms with Crippen LogP contribution in [-0.2, 0) is 6.42 Å². The molecule has 2 heterocycles. The molecule has 0 bridgehead atoms. The maximum atomic E-state index is 6.14. The average Bonchev–Trinajstić information content (AvgIpc) is 2.34. The van der Waals surface area contributed by atoms with E-state index >= 15 is 0 Å². The van der Waals surface area contributed by atoms with Crippen LogP contribution in [0.1, 0.15) is 18.9 Å². The summed E-state index contributed by atoms with van der Waals surface area (Å²) in [4.78, 5) is 12.7. The van der Waals surface area contributed by atoms with Crippen molar-refractivity contribution in [1.29, 1.82) is 0 Å². The van der Waals surface area contributed by atoms with Crippen LogP contribution < -0.4 is 0 Å². The fourth-order valence-corrected chi connectivity index (χ4v) is 2.55. The van der Waals surface area contributed by atoms with Gasteiger partial charge in [-0.15, -0.1) is 0 Å². The van der Waals surface area contributed by atoms with Crippen LogP contribution in [-0.4, -0.2) is 15.0 Å². The summed E-state index contributed by atoms with van der Waals surface area (Å²) in [5.74, 6) is 0.428. The lowest BCUT2D eigenvalue weighted by molar-refractivity contribution is 0.902. The zero-order valence-electron chi connectivity index (χ0n) is 9.62. The van der Waals surface area contributed by atoms with Gasteiger partial charge in [-0.3, -0.25) is 4.98 Å². The molecule has 0 spiro atoms. The van der Waals surface area contributed by atoms with Crippen molar-refractivity contribution in [2.75, 3.05) is 0 Å². The normalized spacial score (nSPS) is 10.7. The summed E-state index contributed by atoms with van der Waals surface area (Å²) in [6, 6.07) is 3.69.